The van der Waals surface area contributed by atoms with Crippen molar-refractivity contribution in [3.8, 4) is 0 Å². The molecule has 26 heavy (non-hydrogen) atoms. The smallest absolute Gasteiger partial charge is 0.337 e. The van der Waals surface area contributed by atoms with Crippen LogP contribution in [0.1, 0.15) is 11.9 Å². The van der Waals surface area contributed by atoms with Crippen LogP contribution in [0.25, 0.3) is 0 Å². The number of carbonyl (C=O) groups is 2. The van der Waals surface area contributed by atoms with Gasteiger partial charge < -0.3 is 29.5 Å². The average molecular weight is 429 g/mol. The van der Waals surface area contributed by atoms with Crippen LogP contribution >= 0.6 is 15.9 Å². The Morgan fingerprint density at radius 1 is 1.35 bits per heavy atom. The topological polar surface area (TPSA) is 97.3 Å². The zero-order valence-corrected chi connectivity index (χ0v) is 16.3. The molecule has 1 aliphatic heterocycles. The number of benzene rings is 1. The van der Waals surface area contributed by atoms with E-state index in [2.05, 4.69) is 21.2 Å². The van der Waals surface area contributed by atoms with E-state index in [1.165, 1.54) is 26.2 Å². The second kappa shape index (κ2) is 9.13. The third kappa shape index (κ3) is 4.24. The lowest BCUT2D eigenvalue weighted by Gasteiger charge is -2.20. The first-order valence-electron chi connectivity index (χ1n) is 7.80. The zero-order chi connectivity index (χ0) is 19.3. The molecule has 2 N–H and O–H groups in total. The van der Waals surface area contributed by atoms with Crippen molar-refractivity contribution in [3.63, 3.8) is 0 Å². The number of rotatable bonds is 8. The largest absolute Gasteiger partial charge is 0.466 e. The van der Waals surface area contributed by atoms with E-state index in [9.17, 15) is 9.59 Å². The maximum absolute atomic E-state index is 12.6. The molecule has 2 rings (SSSR count). The molecule has 1 aromatic carbocycles. The monoisotopic (exact) mass is 428 g/mol. The van der Waals surface area contributed by atoms with Gasteiger partial charge in [0.15, 0.2) is 6.29 Å². The quantitative estimate of drug-likeness (QED) is 0.477. The van der Waals surface area contributed by atoms with Crippen LogP contribution in [-0.4, -0.2) is 62.9 Å². The van der Waals surface area contributed by atoms with Crippen LogP contribution in [0.3, 0.4) is 0 Å². The van der Waals surface area contributed by atoms with Crippen LogP contribution in [-0.2, 0) is 23.8 Å². The third-order valence-electron chi connectivity index (χ3n) is 3.91. The minimum atomic E-state index is -0.665. The molecule has 0 aliphatic carbocycles. The summed E-state index contributed by atoms with van der Waals surface area (Å²) < 4.78 is 16.2. The molecule has 1 heterocycles. The molecule has 0 atom stereocenters. The van der Waals surface area contributed by atoms with Gasteiger partial charge in [-0.25, -0.2) is 4.79 Å². The molecule has 0 saturated carbocycles. The fraction of sp³-hybridized carbons (Fsp3) is 0.412. The minimum absolute atomic E-state index is 0.0677. The molecule has 0 radical (unpaired) electrons. The normalized spacial score (nSPS) is 14.4. The molecule has 1 aromatic rings. The van der Waals surface area contributed by atoms with E-state index in [0.717, 1.165) is 4.47 Å². The number of anilines is 1. The van der Waals surface area contributed by atoms with E-state index in [4.69, 9.17) is 19.3 Å². The Morgan fingerprint density at radius 3 is 2.62 bits per heavy atom. The standard InChI is InChI=1S/C17H21BrN2O6/c1-24-16(23)12-9-20(6-7-21)15(22)14(12)19-13-5-4-10(18)8-11(13)17(25-2)26-3/h4-5,8,17,19,21H,6-7,9H2,1-3H3. The predicted molar refractivity (Wildman–Crippen MR) is 97.2 cm³/mol. The molecule has 9 heteroatoms. The SMILES string of the molecule is COC(=O)C1=C(Nc2ccc(Br)cc2C(OC)OC)C(=O)N(CCO)C1. The molecule has 0 spiro atoms. The number of aliphatic hydroxyl groups is 1. The van der Waals surface area contributed by atoms with Gasteiger partial charge in [-0.15, -0.1) is 0 Å². The van der Waals surface area contributed by atoms with Crippen molar-refractivity contribution in [2.75, 3.05) is 46.3 Å². The summed E-state index contributed by atoms with van der Waals surface area (Å²) in [6, 6.07) is 5.33. The third-order valence-corrected chi connectivity index (χ3v) is 4.40. The molecular weight excluding hydrogens is 408 g/mol. The molecule has 1 amide bonds. The summed E-state index contributed by atoms with van der Waals surface area (Å²) in [5, 5.41) is 12.1. The number of esters is 1. The second-order valence-corrected chi connectivity index (χ2v) is 6.37. The molecule has 1 aliphatic rings. The first kappa shape index (κ1) is 20.4. The molecule has 0 saturated heterocycles. The van der Waals surface area contributed by atoms with Gasteiger partial charge in [0.1, 0.15) is 5.70 Å². The Bertz CT molecular complexity index is 717. The summed E-state index contributed by atoms with van der Waals surface area (Å²) in [6.07, 6.45) is -0.665. The zero-order valence-electron chi connectivity index (χ0n) is 14.7. The van der Waals surface area contributed by atoms with Gasteiger partial charge in [-0.1, -0.05) is 15.9 Å². The fourth-order valence-corrected chi connectivity index (χ4v) is 3.05. The van der Waals surface area contributed by atoms with E-state index >= 15 is 0 Å². The highest BCUT2D eigenvalue weighted by molar-refractivity contribution is 9.10. The van der Waals surface area contributed by atoms with Gasteiger partial charge in [-0.2, -0.15) is 0 Å². The molecule has 8 nitrogen and oxygen atoms in total. The minimum Gasteiger partial charge on any atom is -0.466 e. The summed E-state index contributed by atoms with van der Waals surface area (Å²) in [6.45, 7) is -0.0128. The van der Waals surface area contributed by atoms with Gasteiger partial charge in [-0.3, -0.25) is 4.79 Å². The number of nitrogens with one attached hydrogen (secondary N) is 1. The summed E-state index contributed by atoms with van der Waals surface area (Å²) in [7, 11) is 4.26. The van der Waals surface area contributed by atoms with E-state index < -0.39 is 12.3 Å². The van der Waals surface area contributed by atoms with Crippen molar-refractivity contribution in [3.05, 3.63) is 39.5 Å². The Hall–Kier alpha value is -1.94. The number of ether oxygens (including phenoxy) is 3. The lowest BCUT2D eigenvalue weighted by atomic mass is 10.1. The van der Waals surface area contributed by atoms with Crippen LogP contribution in [0.4, 0.5) is 5.69 Å². The predicted octanol–water partition coefficient (Wildman–Crippen LogP) is 1.41. The molecule has 0 unspecified atom stereocenters. The van der Waals surface area contributed by atoms with Gasteiger partial charge in [0.25, 0.3) is 5.91 Å². The fourth-order valence-electron chi connectivity index (χ4n) is 2.68. The van der Waals surface area contributed by atoms with Crippen molar-refractivity contribution >= 4 is 33.5 Å². The van der Waals surface area contributed by atoms with Crippen molar-refractivity contribution in [2.24, 2.45) is 0 Å². The molecule has 0 aromatic heterocycles. The number of β-amino-alcohol motifs (C(OH)–C–C–N with tert-alkyl or cyclic N) is 1. The summed E-state index contributed by atoms with van der Waals surface area (Å²) in [5.74, 6) is -0.991. The van der Waals surface area contributed by atoms with E-state index in [0.29, 0.717) is 11.3 Å². The lowest BCUT2D eigenvalue weighted by molar-refractivity contribution is -0.136. The number of hydrogen-bond acceptors (Lipinski definition) is 7. The number of amides is 1. The van der Waals surface area contributed by atoms with Crippen LogP contribution in [0, 0.1) is 0 Å². The van der Waals surface area contributed by atoms with E-state index in [1.807, 2.05) is 0 Å². The maximum Gasteiger partial charge on any atom is 0.337 e. The van der Waals surface area contributed by atoms with E-state index in [1.54, 1.807) is 18.2 Å². The average Bonchev–Trinajstić information content (AvgIpc) is 2.94. The van der Waals surface area contributed by atoms with Crippen LogP contribution < -0.4 is 5.32 Å². The molecule has 142 valence electrons. The highest BCUT2D eigenvalue weighted by atomic mass is 79.9. The summed E-state index contributed by atoms with van der Waals surface area (Å²) >= 11 is 3.40. The van der Waals surface area contributed by atoms with Crippen LogP contribution in [0.15, 0.2) is 33.9 Å². The molecular formula is C17H21BrN2O6. The Kier molecular flexibility index (Phi) is 7.15. The highest BCUT2D eigenvalue weighted by Gasteiger charge is 2.35. The molecule has 0 fully saturated rings. The van der Waals surface area contributed by atoms with Crippen molar-refractivity contribution in [2.45, 2.75) is 6.29 Å². The van der Waals surface area contributed by atoms with Crippen LogP contribution in [0.5, 0.6) is 0 Å². The van der Waals surface area contributed by atoms with E-state index in [-0.39, 0.29) is 36.9 Å². The molecule has 0 bridgehead atoms. The number of halogens is 1. The van der Waals surface area contributed by atoms with Crippen LogP contribution in [0.2, 0.25) is 0 Å². The first-order valence-corrected chi connectivity index (χ1v) is 8.59. The van der Waals surface area contributed by atoms with Gasteiger partial charge in [0.2, 0.25) is 0 Å². The van der Waals surface area contributed by atoms with Gasteiger partial charge in [-0.05, 0) is 18.2 Å². The summed E-state index contributed by atoms with van der Waals surface area (Å²) in [4.78, 5) is 26.1. The first-order chi connectivity index (χ1) is 12.5. The second-order valence-electron chi connectivity index (χ2n) is 5.46. The van der Waals surface area contributed by atoms with Crippen molar-refractivity contribution in [1.82, 2.24) is 4.90 Å². The Balaban J connectivity index is 2.44. The summed E-state index contributed by atoms with van der Waals surface area (Å²) in [5.41, 5.74) is 1.51. The van der Waals surface area contributed by atoms with Gasteiger partial charge in [0.05, 0.1) is 25.8 Å². The Morgan fingerprint density at radius 2 is 2.04 bits per heavy atom. The number of hydrogen-bond donors (Lipinski definition) is 2. The van der Waals surface area contributed by atoms with Crippen molar-refractivity contribution in [1.29, 1.82) is 0 Å². The maximum atomic E-state index is 12.6. The number of methoxy groups -OCH3 is 3. The van der Waals surface area contributed by atoms with Gasteiger partial charge in [0, 0.05) is 36.5 Å². The van der Waals surface area contributed by atoms with Gasteiger partial charge >= 0.3 is 5.97 Å². The number of aliphatic hydroxyl groups excluding tert-OH is 1. The number of carbonyl (C=O) groups excluding carboxylic acids is 2. The van der Waals surface area contributed by atoms with Crippen molar-refractivity contribution < 1.29 is 28.9 Å². The Labute approximate surface area is 159 Å². The number of nitrogens with zero attached hydrogens (tertiary/aromatic N) is 1. The highest BCUT2D eigenvalue weighted by Crippen LogP contribution is 2.32. The lowest BCUT2D eigenvalue weighted by Crippen LogP contribution is -2.31.